The lowest BCUT2D eigenvalue weighted by atomic mass is 10.2. The molecule has 98 valence electrons. The third kappa shape index (κ3) is 3.62. The lowest BCUT2D eigenvalue weighted by molar-refractivity contribution is -0.149. The van der Waals surface area contributed by atoms with Crippen LogP contribution < -0.4 is 5.73 Å². The molecular formula is C10H15N5O3. The van der Waals surface area contributed by atoms with E-state index in [1.165, 1.54) is 9.80 Å². The van der Waals surface area contributed by atoms with Crippen molar-refractivity contribution in [2.45, 2.75) is 12.8 Å². The Bertz CT molecular complexity index is 401. The van der Waals surface area contributed by atoms with Crippen molar-refractivity contribution in [3.63, 3.8) is 0 Å². The zero-order valence-corrected chi connectivity index (χ0v) is 9.87. The number of rotatable bonds is 5. The van der Waals surface area contributed by atoms with Gasteiger partial charge in [0.25, 0.3) is 0 Å². The molecule has 0 bridgehead atoms. The Morgan fingerprint density at radius 1 is 1.33 bits per heavy atom. The van der Waals surface area contributed by atoms with E-state index in [1.807, 2.05) is 6.07 Å². The second-order valence-electron chi connectivity index (χ2n) is 3.88. The van der Waals surface area contributed by atoms with E-state index in [0.29, 0.717) is 0 Å². The van der Waals surface area contributed by atoms with Crippen molar-refractivity contribution in [3.8, 4) is 6.07 Å². The molecule has 1 heterocycles. The molecule has 0 atom stereocenters. The summed E-state index contributed by atoms with van der Waals surface area (Å²) in [7, 11) is 0. The summed E-state index contributed by atoms with van der Waals surface area (Å²) in [4.78, 5) is 26.1. The van der Waals surface area contributed by atoms with Crippen molar-refractivity contribution in [2.24, 2.45) is 10.9 Å². The van der Waals surface area contributed by atoms with Gasteiger partial charge < -0.3 is 20.7 Å². The summed E-state index contributed by atoms with van der Waals surface area (Å²) in [5.74, 6) is -0.371. The molecule has 0 aromatic heterocycles. The van der Waals surface area contributed by atoms with Gasteiger partial charge >= 0.3 is 0 Å². The van der Waals surface area contributed by atoms with Crippen molar-refractivity contribution in [1.82, 2.24) is 9.80 Å². The highest BCUT2D eigenvalue weighted by Crippen LogP contribution is 2.06. The summed E-state index contributed by atoms with van der Waals surface area (Å²) < 4.78 is 0. The number of hydrogen-bond donors (Lipinski definition) is 2. The molecule has 0 unspecified atom stereocenters. The van der Waals surface area contributed by atoms with Gasteiger partial charge in [0.2, 0.25) is 11.8 Å². The molecule has 1 aliphatic heterocycles. The summed E-state index contributed by atoms with van der Waals surface area (Å²) in [5, 5.41) is 19.6. The Labute approximate surface area is 104 Å². The van der Waals surface area contributed by atoms with E-state index in [2.05, 4.69) is 5.16 Å². The van der Waals surface area contributed by atoms with E-state index >= 15 is 0 Å². The van der Waals surface area contributed by atoms with Gasteiger partial charge in [-0.2, -0.15) is 5.26 Å². The van der Waals surface area contributed by atoms with Crippen LogP contribution in [-0.2, 0) is 9.59 Å². The minimum absolute atomic E-state index is 0.0159. The molecule has 0 aliphatic carbocycles. The number of nitrogens with two attached hydrogens (primary N) is 1. The lowest BCUT2D eigenvalue weighted by Crippen LogP contribution is -2.54. The van der Waals surface area contributed by atoms with Crippen LogP contribution in [0.15, 0.2) is 5.16 Å². The number of piperazine rings is 1. The number of amides is 2. The van der Waals surface area contributed by atoms with Crippen LogP contribution in [0.1, 0.15) is 12.8 Å². The first kappa shape index (κ1) is 13.8. The predicted molar refractivity (Wildman–Crippen MR) is 61.4 cm³/mol. The van der Waals surface area contributed by atoms with Crippen LogP contribution in [0, 0.1) is 11.3 Å². The average Bonchev–Trinajstić information content (AvgIpc) is 2.37. The van der Waals surface area contributed by atoms with E-state index in [9.17, 15) is 9.59 Å². The topological polar surface area (TPSA) is 123 Å². The van der Waals surface area contributed by atoms with Crippen LogP contribution >= 0.6 is 0 Å². The van der Waals surface area contributed by atoms with Crippen LogP contribution in [0.3, 0.4) is 0 Å². The molecule has 1 aliphatic rings. The largest absolute Gasteiger partial charge is 0.409 e. The van der Waals surface area contributed by atoms with E-state index in [1.54, 1.807) is 0 Å². The van der Waals surface area contributed by atoms with Gasteiger partial charge in [-0.05, 0) is 0 Å². The van der Waals surface area contributed by atoms with E-state index in [-0.39, 0.29) is 56.7 Å². The number of amidine groups is 1. The van der Waals surface area contributed by atoms with Crippen LogP contribution in [0.4, 0.5) is 0 Å². The Kier molecular flexibility index (Phi) is 4.92. The maximum atomic E-state index is 11.7. The minimum atomic E-state index is -0.196. The molecule has 0 aromatic rings. The van der Waals surface area contributed by atoms with Crippen LogP contribution in [-0.4, -0.2) is 58.8 Å². The first-order valence-corrected chi connectivity index (χ1v) is 5.47. The molecule has 0 saturated carbocycles. The molecular weight excluding hydrogens is 238 g/mol. The number of oxime groups is 1. The maximum absolute atomic E-state index is 11.7. The summed E-state index contributed by atoms with van der Waals surface area (Å²) in [5.41, 5.74) is 5.29. The van der Waals surface area contributed by atoms with Crippen molar-refractivity contribution >= 4 is 17.6 Å². The number of nitriles is 1. The highest BCUT2D eigenvalue weighted by atomic mass is 16.4. The number of hydrogen-bond acceptors (Lipinski definition) is 5. The van der Waals surface area contributed by atoms with E-state index < -0.39 is 0 Å². The molecule has 2 amide bonds. The summed E-state index contributed by atoms with van der Waals surface area (Å²) in [6.07, 6.45) is 0.427. The highest BCUT2D eigenvalue weighted by molar-refractivity contribution is 5.92. The zero-order valence-electron chi connectivity index (χ0n) is 9.87. The SMILES string of the molecule is N#CCCN1CC(=O)N(CC/C(N)=N\O)CC1=O. The molecule has 8 heteroatoms. The van der Waals surface area contributed by atoms with E-state index in [4.69, 9.17) is 16.2 Å². The highest BCUT2D eigenvalue weighted by Gasteiger charge is 2.29. The molecule has 0 aromatic carbocycles. The second-order valence-corrected chi connectivity index (χ2v) is 3.88. The lowest BCUT2D eigenvalue weighted by Gasteiger charge is -2.33. The fraction of sp³-hybridized carbons (Fsp3) is 0.600. The number of carbonyl (C=O) groups excluding carboxylic acids is 2. The monoisotopic (exact) mass is 253 g/mol. The van der Waals surface area contributed by atoms with Crippen LogP contribution in [0.25, 0.3) is 0 Å². The fourth-order valence-corrected chi connectivity index (χ4v) is 1.59. The molecule has 0 spiro atoms. The standard InChI is InChI=1S/C10H15N5O3/c11-3-1-4-14-6-10(17)15(7-9(14)16)5-2-8(12)13-18/h18H,1-2,4-7H2,(H2,12,13). The quantitative estimate of drug-likeness (QED) is 0.273. The van der Waals surface area contributed by atoms with Crippen LogP contribution in [0.5, 0.6) is 0 Å². The van der Waals surface area contributed by atoms with Crippen molar-refractivity contribution in [1.29, 1.82) is 5.26 Å². The first-order valence-electron chi connectivity index (χ1n) is 5.47. The second kappa shape index (κ2) is 6.44. The Morgan fingerprint density at radius 3 is 2.39 bits per heavy atom. The predicted octanol–water partition coefficient (Wildman–Crippen LogP) is -1.29. The summed E-state index contributed by atoms with van der Waals surface area (Å²) in [6.45, 7) is 0.474. The molecule has 0 radical (unpaired) electrons. The molecule has 1 fully saturated rings. The minimum Gasteiger partial charge on any atom is -0.409 e. The average molecular weight is 253 g/mol. The maximum Gasteiger partial charge on any atom is 0.242 e. The van der Waals surface area contributed by atoms with E-state index in [0.717, 1.165) is 0 Å². The van der Waals surface area contributed by atoms with Gasteiger partial charge in [0, 0.05) is 19.5 Å². The van der Waals surface area contributed by atoms with Crippen LogP contribution in [0.2, 0.25) is 0 Å². The van der Waals surface area contributed by atoms with Gasteiger partial charge in [0.15, 0.2) is 0 Å². The fourth-order valence-electron chi connectivity index (χ4n) is 1.59. The molecule has 1 saturated heterocycles. The Morgan fingerprint density at radius 2 is 1.89 bits per heavy atom. The van der Waals surface area contributed by atoms with Gasteiger partial charge in [0.05, 0.1) is 25.6 Å². The van der Waals surface area contributed by atoms with Gasteiger partial charge in [-0.15, -0.1) is 0 Å². The third-order valence-electron chi connectivity index (χ3n) is 2.62. The molecule has 18 heavy (non-hydrogen) atoms. The molecule has 3 N–H and O–H groups in total. The smallest absolute Gasteiger partial charge is 0.242 e. The van der Waals surface area contributed by atoms with Gasteiger partial charge in [-0.1, -0.05) is 5.16 Å². The zero-order chi connectivity index (χ0) is 13.5. The van der Waals surface area contributed by atoms with Crippen molar-refractivity contribution in [3.05, 3.63) is 0 Å². The number of carbonyl (C=O) groups is 2. The molecule has 1 rings (SSSR count). The normalized spacial score (nSPS) is 16.9. The molecule has 8 nitrogen and oxygen atoms in total. The van der Waals surface area contributed by atoms with Crippen molar-refractivity contribution < 1.29 is 14.8 Å². The number of nitrogens with zero attached hydrogens (tertiary/aromatic N) is 4. The third-order valence-corrected chi connectivity index (χ3v) is 2.62. The van der Waals surface area contributed by atoms with Gasteiger partial charge in [-0.25, -0.2) is 0 Å². The van der Waals surface area contributed by atoms with Crippen molar-refractivity contribution in [2.75, 3.05) is 26.2 Å². The van der Waals surface area contributed by atoms with Gasteiger partial charge in [0.1, 0.15) is 5.84 Å². The Balaban J connectivity index is 2.49. The summed E-state index contributed by atoms with van der Waals surface area (Å²) >= 11 is 0. The van der Waals surface area contributed by atoms with Gasteiger partial charge in [-0.3, -0.25) is 9.59 Å². The first-order chi connectivity index (χ1) is 8.58. The summed E-state index contributed by atoms with van der Waals surface area (Å²) in [6, 6.07) is 1.93. The Hall–Kier alpha value is -2.30.